The van der Waals surface area contributed by atoms with Crippen LogP contribution in [0.15, 0.2) is 23.1 Å². The Labute approximate surface area is 149 Å². The van der Waals surface area contributed by atoms with Gasteiger partial charge in [0.2, 0.25) is 20.0 Å². The molecule has 0 heterocycles. The van der Waals surface area contributed by atoms with Crippen molar-refractivity contribution in [2.75, 3.05) is 32.4 Å². The number of rotatable bonds is 9. The van der Waals surface area contributed by atoms with E-state index in [-0.39, 0.29) is 23.5 Å². The predicted octanol–water partition coefficient (Wildman–Crippen LogP) is 0.305. The maximum Gasteiger partial charge on any atom is 0.251 e. The molecule has 0 unspecified atom stereocenters. The maximum absolute atomic E-state index is 12.6. The fraction of sp³-hybridized carbons (Fsp3) is 0.533. The van der Waals surface area contributed by atoms with Crippen molar-refractivity contribution in [3.8, 4) is 0 Å². The number of carbonyl (C=O) groups excluding carboxylic acids is 1. The Balaban J connectivity index is 2.96. The monoisotopic (exact) mass is 391 g/mol. The van der Waals surface area contributed by atoms with E-state index in [1.807, 2.05) is 0 Å². The maximum atomic E-state index is 12.6. The first-order valence-electron chi connectivity index (χ1n) is 7.86. The first kappa shape index (κ1) is 21.6. The predicted molar refractivity (Wildman–Crippen MR) is 96.5 cm³/mol. The summed E-state index contributed by atoms with van der Waals surface area (Å²) in [5, 5.41) is 2.57. The summed E-state index contributed by atoms with van der Waals surface area (Å²) in [6.07, 6.45) is 1.03. The van der Waals surface area contributed by atoms with Crippen LogP contribution in [0.3, 0.4) is 0 Å². The van der Waals surface area contributed by atoms with Crippen LogP contribution in [-0.2, 0) is 20.0 Å². The number of hydrogen-bond donors (Lipinski definition) is 2. The third-order valence-corrected chi connectivity index (χ3v) is 6.35. The Bertz CT molecular complexity index is 816. The lowest BCUT2D eigenvalue weighted by Crippen LogP contribution is -2.34. The second-order valence-electron chi connectivity index (χ2n) is 5.49. The van der Waals surface area contributed by atoms with Crippen LogP contribution >= 0.6 is 0 Å². The lowest BCUT2D eigenvalue weighted by Gasteiger charge is -2.19. The second-order valence-corrected chi connectivity index (χ2v) is 9.26. The molecule has 0 saturated carbocycles. The van der Waals surface area contributed by atoms with Crippen molar-refractivity contribution < 1.29 is 21.6 Å². The number of benzene rings is 1. The van der Waals surface area contributed by atoms with Gasteiger partial charge in [0.25, 0.3) is 5.91 Å². The normalized spacial score (nSPS) is 12.4. The van der Waals surface area contributed by atoms with E-state index in [0.717, 1.165) is 6.26 Å². The third kappa shape index (κ3) is 6.07. The molecule has 25 heavy (non-hydrogen) atoms. The molecule has 1 rings (SSSR count). The molecule has 0 spiro atoms. The molecule has 2 N–H and O–H groups in total. The van der Waals surface area contributed by atoms with Crippen LogP contribution in [0.25, 0.3) is 0 Å². The molecule has 0 atom stereocenters. The van der Waals surface area contributed by atoms with E-state index in [0.29, 0.717) is 18.7 Å². The Morgan fingerprint density at radius 3 is 2.20 bits per heavy atom. The lowest BCUT2D eigenvalue weighted by atomic mass is 10.1. The van der Waals surface area contributed by atoms with E-state index in [1.165, 1.54) is 16.4 Å². The largest absolute Gasteiger partial charge is 0.351 e. The van der Waals surface area contributed by atoms with Crippen molar-refractivity contribution >= 4 is 26.0 Å². The highest BCUT2D eigenvalue weighted by molar-refractivity contribution is 7.89. The first-order chi connectivity index (χ1) is 11.5. The number of hydrogen-bond acceptors (Lipinski definition) is 5. The highest BCUT2D eigenvalue weighted by atomic mass is 32.2. The molecule has 0 saturated heterocycles. The topological polar surface area (TPSA) is 113 Å². The Morgan fingerprint density at radius 1 is 1.08 bits per heavy atom. The zero-order valence-electron chi connectivity index (χ0n) is 14.9. The van der Waals surface area contributed by atoms with Crippen molar-refractivity contribution in [3.05, 3.63) is 29.3 Å². The molecule has 0 aromatic heterocycles. The lowest BCUT2D eigenvalue weighted by molar-refractivity contribution is 0.0953. The standard InChI is InChI=1S/C15H25N3O5S2/c1-5-18(6-2)25(22,23)13-8-7-12(3)14(11-13)15(19)16-9-10-17-24(4,20)21/h7-8,11,17H,5-6,9-10H2,1-4H3,(H,16,19). The van der Waals surface area contributed by atoms with Crippen LogP contribution in [0, 0.1) is 6.92 Å². The van der Waals surface area contributed by atoms with Gasteiger partial charge >= 0.3 is 0 Å². The van der Waals surface area contributed by atoms with Crippen molar-refractivity contribution in [3.63, 3.8) is 0 Å². The van der Waals surface area contributed by atoms with Gasteiger partial charge in [-0.1, -0.05) is 19.9 Å². The van der Waals surface area contributed by atoms with Gasteiger partial charge < -0.3 is 5.32 Å². The van der Waals surface area contributed by atoms with Crippen LogP contribution in [0.4, 0.5) is 0 Å². The van der Waals surface area contributed by atoms with Gasteiger partial charge in [0.05, 0.1) is 11.2 Å². The van der Waals surface area contributed by atoms with Crippen LogP contribution in [-0.4, -0.2) is 59.5 Å². The van der Waals surface area contributed by atoms with E-state index in [4.69, 9.17) is 0 Å². The molecule has 10 heteroatoms. The van der Waals surface area contributed by atoms with Gasteiger partial charge in [-0.25, -0.2) is 21.6 Å². The average Bonchev–Trinajstić information content (AvgIpc) is 2.51. The minimum Gasteiger partial charge on any atom is -0.351 e. The number of amides is 1. The van der Waals surface area contributed by atoms with Crippen molar-refractivity contribution in [2.45, 2.75) is 25.7 Å². The second kappa shape index (κ2) is 8.75. The molecular formula is C15H25N3O5S2. The summed E-state index contributed by atoms with van der Waals surface area (Å²) in [5.74, 6) is -0.454. The van der Waals surface area contributed by atoms with Gasteiger partial charge in [0.15, 0.2) is 0 Å². The van der Waals surface area contributed by atoms with Crippen LogP contribution < -0.4 is 10.0 Å². The van der Waals surface area contributed by atoms with Gasteiger partial charge in [-0.05, 0) is 24.6 Å². The van der Waals surface area contributed by atoms with Crippen molar-refractivity contribution in [1.29, 1.82) is 0 Å². The number of sulfonamides is 2. The average molecular weight is 392 g/mol. The Hall–Kier alpha value is -1.49. The van der Waals surface area contributed by atoms with Gasteiger partial charge in [-0.15, -0.1) is 0 Å². The highest BCUT2D eigenvalue weighted by Crippen LogP contribution is 2.19. The van der Waals surface area contributed by atoms with E-state index < -0.39 is 26.0 Å². The van der Waals surface area contributed by atoms with E-state index in [1.54, 1.807) is 26.8 Å². The Kier molecular flexibility index (Phi) is 7.54. The van der Waals surface area contributed by atoms with Crippen molar-refractivity contribution in [2.24, 2.45) is 0 Å². The number of nitrogens with zero attached hydrogens (tertiary/aromatic N) is 1. The molecule has 8 nitrogen and oxygen atoms in total. The molecule has 1 aromatic carbocycles. The summed E-state index contributed by atoms with van der Waals surface area (Å²) in [7, 11) is -6.98. The van der Waals surface area contributed by atoms with Gasteiger partial charge in [0, 0.05) is 31.7 Å². The zero-order chi connectivity index (χ0) is 19.3. The first-order valence-corrected chi connectivity index (χ1v) is 11.2. The minimum atomic E-state index is -3.66. The summed E-state index contributed by atoms with van der Waals surface area (Å²) < 4.78 is 50.7. The minimum absolute atomic E-state index is 0.0566. The molecule has 142 valence electrons. The van der Waals surface area contributed by atoms with E-state index >= 15 is 0 Å². The number of aryl methyl sites for hydroxylation is 1. The fourth-order valence-corrected chi connectivity index (χ4v) is 4.18. The molecule has 1 amide bonds. The van der Waals surface area contributed by atoms with E-state index in [9.17, 15) is 21.6 Å². The molecule has 0 aliphatic carbocycles. The van der Waals surface area contributed by atoms with Crippen LogP contribution in [0.1, 0.15) is 29.8 Å². The van der Waals surface area contributed by atoms with E-state index in [2.05, 4.69) is 10.0 Å². The van der Waals surface area contributed by atoms with Gasteiger partial charge in [-0.3, -0.25) is 4.79 Å². The molecule has 0 aliphatic rings. The zero-order valence-corrected chi connectivity index (χ0v) is 16.5. The molecule has 0 fully saturated rings. The third-order valence-electron chi connectivity index (χ3n) is 3.57. The molecule has 0 aliphatic heterocycles. The molecule has 1 aromatic rings. The highest BCUT2D eigenvalue weighted by Gasteiger charge is 2.23. The quantitative estimate of drug-likeness (QED) is 0.588. The molecule has 0 bridgehead atoms. The summed E-state index contributed by atoms with van der Waals surface area (Å²) in [6.45, 7) is 6.03. The summed E-state index contributed by atoms with van der Waals surface area (Å²) in [4.78, 5) is 12.3. The van der Waals surface area contributed by atoms with Crippen molar-refractivity contribution in [1.82, 2.24) is 14.3 Å². The fourth-order valence-electron chi connectivity index (χ4n) is 2.23. The number of nitrogens with one attached hydrogen (secondary N) is 2. The SMILES string of the molecule is CCN(CC)S(=O)(=O)c1ccc(C)c(C(=O)NCCNS(C)(=O)=O)c1. The summed E-state index contributed by atoms with van der Waals surface area (Å²) >= 11 is 0. The summed E-state index contributed by atoms with van der Waals surface area (Å²) in [6, 6.07) is 4.41. The van der Waals surface area contributed by atoms with Gasteiger partial charge in [-0.2, -0.15) is 4.31 Å². The van der Waals surface area contributed by atoms with Gasteiger partial charge in [0.1, 0.15) is 0 Å². The van der Waals surface area contributed by atoms with Crippen LogP contribution in [0.2, 0.25) is 0 Å². The molecular weight excluding hydrogens is 366 g/mol. The van der Waals surface area contributed by atoms with Crippen LogP contribution in [0.5, 0.6) is 0 Å². The smallest absolute Gasteiger partial charge is 0.251 e. The molecule has 0 radical (unpaired) electrons. The summed E-state index contributed by atoms with van der Waals surface area (Å²) in [5.41, 5.74) is 0.875. The number of carbonyl (C=O) groups is 1. The Morgan fingerprint density at radius 2 is 1.68 bits per heavy atom.